The molecular weight excluding hydrogens is 411 g/mol. The highest BCUT2D eigenvalue weighted by atomic mass is 35.5. The van der Waals surface area contributed by atoms with Crippen LogP contribution >= 0.6 is 23.2 Å². The third-order valence-electron chi connectivity index (χ3n) is 4.44. The fourth-order valence-corrected chi connectivity index (χ4v) is 3.00. The second-order valence-electron chi connectivity index (χ2n) is 6.84. The molecule has 1 N–H and O–H groups in total. The van der Waals surface area contributed by atoms with Gasteiger partial charge in [0.1, 0.15) is 11.8 Å². The molecule has 0 radical (unpaired) electrons. The third kappa shape index (κ3) is 6.94. The quantitative estimate of drug-likeness (QED) is 0.623. The lowest BCUT2D eigenvalue weighted by Gasteiger charge is -2.29. The maximum absolute atomic E-state index is 12.9. The Morgan fingerprint density at radius 3 is 2.41 bits per heavy atom. The lowest BCUT2D eigenvalue weighted by molar-refractivity contribution is -0.142. The number of hydrogen-bond donors (Lipinski definition) is 1. The molecule has 0 aliphatic rings. The van der Waals surface area contributed by atoms with Gasteiger partial charge in [0.05, 0.1) is 10.0 Å². The van der Waals surface area contributed by atoms with Crippen molar-refractivity contribution in [1.29, 1.82) is 0 Å². The first-order valence-corrected chi connectivity index (χ1v) is 10.3. The van der Waals surface area contributed by atoms with Gasteiger partial charge in [0, 0.05) is 13.1 Å². The number of benzene rings is 2. The maximum atomic E-state index is 12.9. The summed E-state index contributed by atoms with van der Waals surface area (Å²) < 4.78 is 5.63. The minimum absolute atomic E-state index is 0.171. The molecule has 0 unspecified atom stereocenters. The SMILES string of the molecule is CCCNC(=O)[C@H](C)N(Cc1ccc(Cl)c(Cl)c1)C(=O)COc1ccc(C)cc1. The van der Waals surface area contributed by atoms with E-state index in [1.807, 2.05) is 38.1 Å². The fraction of sp³-hybridized carbons (Fsp3) is 0.364. The molecule has 2 aromatic rings. The van der Waals surface area contributed by atoms with Crippen LogP contribution in [0.25, 0.3) is 0 Å². The molecule has 2 amide bonds. The number of nitrogens with zero attached hydrogens (tertiary/aromatic N) is 1. The Balaban J connectivity index is 2.15. The van der Waals surface area contributed by atoms with Crippen molar-refractivity contribution in [3.05, 3.63) is 63.6 Å². The first kappa shape index (κ1) is 23.0. The molecule has 156 valence electrons. The van der Waals surface area contributed by atoms with Gasteiger partial charge in [-0.25, -0.2) is 0 Å². The summed E-state index contributed by atoms with van der Waals surface area (Å²) in [6.45, 7) is 6.25. The Morgan fingerprint density at radius 2 is 1.79 bits per heavy atom. The molecule has 0 bridgehead atoms. The summed E-state index contributed by atoms with van der Waals surface area (Å²) in [4.78, 5) is 26.9. The van der Waals surface area contributed by atoms with Crippen LogP contribution in [-0.2, 0) is 16.1 Å². The zero-order chi connectivity index (χ0) is 21.4. The van der Waals surface area contributed by atoms with Crippen molar-refractivity contribution < 1.29 is 14.3 Å². The Bertz CT molecular complexity index is 840. The highest BCUT2D eigenvalue weighted by Crippen LogP contribution is 2.24. The van der Waals surface area contributed by atoms with E-state index in [2.05, 4.69) is 5.32 Å². The molecular formula is C22H26Cl2N2O3. The summed E-state index contributed by atoms with van der Waals surface area (Å²) in [7, 11) is 0. The summed E-state index contributed by atoms with van der Waals surface area (Å²) in [5, 5.41) is 3.67. The summed E-state index contributed by atoms with van der Waals surface area (Å²) >= 11 is 12.1. The van der Waals surface area contributed by atoms with Gasteiger partial charge in [-0.2, -0.15) is 0 Å². The number of rotatable bonds is 9. The maximum Gasteiger partial charge on any atom is 0.261 e. The molecule has 0 aliphatic carbocycles. The van der Waals surface area contributed by atoms with E-state index in [4.69, 9.17) is 27.9 Å². The Labute approximate surface area is 181 Å². The van der Waals surface area contributed by atoms with Gasteiger partial charge >= 0.3 is 0 Å². The zero-order valence-electron chi connectivity index (χ0n) is 16.9. The average Bonchev–Trinajstić information content (AvgIpc) is 2.71. The van der Waals surface area contributed by atoms with Crippen LogP contribution in [0.5, 0.6) is 5.75 Å². The van der Waals surface area contributed by atoms with Gasteiger partial charge in [-0.3, -0.25) is 9.59 Å². The van der Waals surface area contributed by atoms with Crippen LogP contribution in [0.3, 0.4) is 0 Å². The van der Waals surface area contributed by atoms with E-state index < -0.39 is 6.04 Å². The number of nitrogens with one attached hydrogen (secondary N) is 1. The molecule has 0 heterocycles. The summed E-state index contributed by atoms with van der Waals surface area (Å²) in [5.74, 6) is 0.0907. The second-order valence-corrected chi connectivity index (χ2v) is 7.65. The van der Waals surface area contributed by atoms with Gasteiger partial charge in [-0.05, 0) is 50.1 Å². The first-order chi connectivity index (χ1) is 13.8. The molecule has 0 aliphatic heterocycles. The van der Waals surface area contributed by atoms with Gasteiger partial charge in [-0.1, -0.05) is 53.9 Å². The number of aryl methyl sites for hydroxylation is 1. The monoisotopic (exact) mass is 436 g/mol. The van der Waals surface area contributed by atoms with Crippen molar-refractivity contribution >= 4 is 35.0 Å². The van der Waals surface area contributed by atoms with Crippen LogP contribution in [0.15, 0.2) is 42.5 Å². The lowest BCUT2D eigenvalue weighted by Crippen LogP contribution is -2.49. The van der Waals surface area contributed by atoms with Gasteiger partial charge < -0.3 is 15.0 Å². The molecule has 2 aromatic carbocycles. The molecule has 1 atom stereocenters. The average molecular weight is 437 g/mol. The largest absolute Gasteiger partial charge is 0.484 e. The topological polar surface area (TPSA) is 58.6 Å². The molecule has 5 nitrogen and oxygen atoms in total. The predicted molar refractivity (Wildman–Crippen MR) is 116 cm³/mol. The minimum Gasteiger partial charge on any atom is -0.484 e. The van der Waals surface area contributed by atoms with Crippen LogP contribution in [0.4, 0.5) is 0 Å². The highest BCUT2D eigenvalue weighted by Gasteiger charge is 2.26. The van der Waals surface area contributed by atoms with E-state index in [1.54, 1.807) is 25.1 Å². The number of halogens is 2. The molecule has 0 spiro atoms. The second kappa shape index (κ2) is 11.1. The number of amides is 2. The van der Waals surface area contributed by atoms with Crippen molar-refractivity contribution in [2.75, 3.05) is 13.2 Å². The molecule has 0 fully saturated rings. The van der Waals surface area contributed by atoms with Crippen molar-refractivity contribution in [3.8, 4) is 5.75 Å². The highest BCUT2D eigenvalue weighted by molar-refractivity contribution is 6.42. The van der Waals surface area contributed by atoms with Crippen LogP contribution < -0.4 is 10.1 Å². The Kier molecular flexibility index (Phi) is 8.80. The van der Waals surface area contributed by atoms with Crippen LogP contribution in [0.1, 0.15) is 31.4 Å². The van der Waals surface area contributed by atoms with Crippen molar-refractivity contribution in [3.63, 3.8) is 0 Å². The van der Waals surface area contributed by atoms with E-state index in [0.29, 0.717) is 22.3 Å². The molecule has 29 heavy (non-hydrogen) atoms. The van der Waals surface area contributed by atoms with Gasteiger partial charge in [0.15, 0.2) is 6.61 Å². The lowest BCUT2D eigenvalue weighted by atomic mass is 10.1. The number of ether oxygens (including phenoxy) is 1. The van der Waals surface area contributed by atoms with Gasteiger partial charge in [0.25, 0.3) is 5.91 Å². The molecule has 0 saturated heterocycles. The normalized spacial score (nSPS) is 11.6. The Hall–Kier alpha value is -2.24. The number of hydrogen-bond acceptors (Lipinski definition) is 3. The van der Waals surface area contributed by atoms with Crippen molar-refractivity contribution in [2.24, 2.45) is 0 Å². The third-order valence-corrected chi connectivity index (χ3v) is 5.18. The standard InChI is InChI=1S/C22H26Cl2N2O3/c1-4-11-25-22(28)16(3)26(13-17-7-10-19(23)20(24)12-17)21(27)14-29-18-8-5-15(2)6-9-18/h5-10,12,16H,4,11,13-14H2,1-3H3,(H,25,28)/t16-/m0/s1. The van der Waals surface area contributed by atoms with E-state index in [-0.39, 0.29) is 25.0 Å². The van der Waals surface area contributed by atoms with E-state index in [1.165, 1.54) is 4.90 Å². The van der Waals surface area contributed by atoms with Crippen LogP contribution in [-0.4, -0.2) is 35.9 Å². The van der Waals surface area contributed by atoms with Gasteiger partial charge in [-0.15, -0.1) is 0 Å². The predicted octanol–water partition coefficient (Wildman–Crippen LogP) is 4.62. The van der Waals surface area contributed by atoms with E-state index >= 15 is 0 Å². The van der Waals surface area contributed by atoms with E-state index in [9.17, 15) is 9.59 Å². The molecule has 2 rings (SSSR count). The molecule has 0 saturated carbocycles. The summed E-state index contributed by atoms with van der Waals surface area (Å²) in [6, 6.07) is 11.9. The van der Waals surface area contributed by atoms with Crippen LogP contribution in [0.2, 0.25) is 10.0 Å². The van der Waals surface area contributed by atoms with Gasteiger partial charge in [0.2, 0.25) is 5.91 Å². The minimum atomic E-state index is -0.662. The number of carbonyl (C=O) groups is 2. The smallest absolute Gasteiger partial charge is 0.261 e. The number of carbonyl (C=O) groups excluding carboxylic acids is 2. The zero-order valence-corrected chi connectivity index (χ0v) is 18.4. The first-order valence-electron chi connectivity index (χ1n) is 9.52. The summed E-state index contributed by atoms with van der Waals surface area (Å²) in [6.07, 6.45) is 0.815. The molecule has 0 aromatic heterocycles. The summed E-state index contributed by atoms with van der Waals surface area (Å²) in [5.41, 5.74) is 1.88. The Morgan fingerprint density at radius 1 is 1.10 bits per heavy atom. The fourth-order valence-electron chi connectivity index (χ4n) is 2.68. The van der Waals surface area contributed by atoms with Crippen molar-refractivity contribution in [1.82, 2.24) is 10.2 Å². The van der Waals surface area contributed by atoms with Crippen molar-refractivity contribution in [2.45, 2.75) is 39.8 Å². The van der Waals surface area contributed by atoms with E-state index in [0.717, 1.165) is 17.5 Å². The molecule has 7 heteroatoms. The van der Waals surface area contributed by atoms with Crippen LogP contribution in [0, 0.1) is 6.92 Å².